The van der Waals surface area contributed by atoms with E-state index in [-0.39, 0.29) is 0 Å². The Morgan fingerprint density at radius 1 is 1.47 bits per heavy atom. The van der Waals surface area contributed by atoms with Crippen molar-refractivity contribution in [3.05, 3.63) is 12.2 Å². The SMILES string of the molecule is CNC(=O)C(=NO)C(C)(C)n1cnc(C(F)(F)F)n1. The third-order valence-corrected chi connectivity index (χ3v) is 2.44. The molecule has 0 aliphatic heterocycles. The van der Waals surface area contributed by atoms with Gasteiger partial charge in [0.25, 0.3) is 11.7 Å². The average molecular weight is 279 g/mol. The van der Waals surface area contributed by atoms with E-state index in [0.717, 1.165) is 11.0 Å². The molecule has 0 aliphatic rings. The van der Waals surface area contributed by atoms with Crippen LogP contribution in [0, 0.1) is 0 Å². The largest absolute Gasteiger partial charge is 0.453 e. The van der Waals surface area contributed by atoms with E-state index < -0.39 is 29.2 Å². The number of oxime groups is 1. The topological polar surface area (TPSA) is 92.4 Å². The monoisotopic (exact) mass is 279 g/mol. The van der Waals surface area contributed by atoms with Crippen LogP contribution < -0.4 is 5.32 Å². The number of alkyl halides is 3. The van der Waals surface area contributed by atoms with Crippen LogP contribution >= 0.6 is 0 Å². The van der Waals surface area contributed by atoms with Crippen molar-refractivity contribution in [1.82, 2.24) is 20.1 Å². The van der Waals surface area contributed by atoms with Crippen molar-refractivity contribution in [2.75, 3.05) is 7.05 Å². The fourth-order valence-corrected chi connectivity index (χ4v) is 1.33. The van der Waals surface area contributed by atoms with E-state index in [2.05, 4.69) is 20.6 Å². The van der Waals surface area contributed by atoms with Crippen molar-refractivity contribution in [1.29, 1.82) is 0 Å². The zero-order valence-electron chi connectivity index (χ0n) is 10.4. The molecule has 106 valence electrons. The molecule has 1 aromatic heterocycles. The average Bonchev–Trinajstić information content (AvgIpc) is 2.78. The molecule has 0 unspecified atom stereocenters. The number of amides is 1. The molecule has 0 aliphatic carbocycles. The van der Waals surface area contributed by atoms with Gasteiger partial charge in [-0.2, -0.15) is 13.2 Å². The summed E-state index contributed by atoms with van der Waals surface area (Å²) in [5.74, 6) is -2.08. The summed E-state index contributed by atoms with van der Waals surface area (Å²) in [6.45, 7) is 2.73. The van der Waals surface area contributed by atoms with Crippen molar-refractivity contribution >= 4 is 11.6 Å². The Labute approximate surface area is 106 Å². The normalized spacial score (nSPS) is 13.5. The number of hydrogen-bond acceptors (Lipinski definition) is 5. The quantitative estimate of drug-likeness (QED) is 0.481. The second kappa shape index (κ2) is 4.86. The van der Waals surface area contributed by atoms with E-state index in [1.807, 2.05) is 0 Å². The number of carbonyl (C=O) groups excluding carboxylic acids is 1. The lowest BCUT2D eigenvalue weighted by Gasteiger charge is -2.24. The molecule has 0 radical (unpaired) electrons. The molecule has 0 fully saturated rings. The van der Waals surface area contributed by atoms with Crippen LogP contribution in [0.2, 0.25) is 0 Å². The smallest absolute Gasteiger partial charge is 0.410 e. The molecule has 0 atom stereocenters. The van der Waals surface area contributed by atoms with Crippen LogP contribution in [0.3, 0.4) is 0 Å². The number of carbonyl (C=O) groups is 1. The summed E-state index contributed by atoms with van der Waals surface area (Å²) in [7, 11) is 1.30. The molecule has 19 heavy (non-hydrogen) atoms. The van der Waals surface area contributed by atoms with E-state index in [1.165, 1.54) is 20.9 Å². The first-order valence-corrected chi connectivity index (χ1v) is 5.08. The molecule has 0 spiro atoms. The van der Waals surface area contributed by atoms with Gasteiger partial charge in [0, 0.05) is 7.05 Å². The van der Waals surface area contributed by atoms with E-state index in [1.54, 1.807) is 0 Å². The standard InChI is InChI=1S/C9H12F3N5O2/c1-8(2,5(16-19)6(18)13-3)17-4-14-7(15-17)9(10,11)12/h4,19H,1-3H3,(H,13,18). The molecule has 0 saturated heterocycles. The summed E-state index contributed by atoms with van der Waals surface area (Å²) >= 11 is 0. The molecule has 1 aromatic rings. The Kier molecular flexibility index (Phi) is 3.82. The van der Waals surface area contributed by atoms with Gasteiger partial charge >= 0.3 is 6.18 Å². The minimum Gasteiger partial charge on any atom is -0.410 e. The van der Waals surface area contributed by atoms with Gasteiger partial charge in [0.05, 0.1) is 0 Å². The Bertz CT molecular complexity index is 506. The fraction of sp³-hybridized carbons (Fsp3) is 0.556. The van der Waals surface area contributed by atoms with Crippen LogP contribution in [0.15, 0.2) is 11.5 Å². The second-order valence-corrected chi connectivity index (χ2v) is 4.10. The molecule has 1 heterocycles. The highest BCUT2D eigenvalue weighted by Crippen LogP contribution is 2.27. The molecule has 7 nitrogen and oxygen atoms in total. The lowest BCUT2D eigenvalue weighted by Crippen LogP contribution is -2.45. The zero-order chi connectivity index (χ0) is 14.8. The summed E-state index contributed by atoms with van der Waals surface area (Å²) in [6, 6.07) is 0. The van der Waals surface area contributed by atoms with Gasteiger partial charge in [0.1, 0.15) is 11.9 Å². The molecule has 0 saturated carbocycles. The third-order valence-electron chi connectivity index (χ3n) is 2.44. The van der Waals surface area contributed by atoms with E-state index in [4.69, 9.17) is 5.21 Å². The Balaban J connectivity index is 3.20. The van der Waals surface area contributed by atoms with Crippen molar-refractivity contribution in [2.24, 2.45) is 5.16 Å². The van der Waals surface area contributed by atoms with Crippen LogP contribution in [0.25, 0.3) is 0 Å². The summed E-state index contributed by atoms with van der Waals surface area (Å²) in [5.41, 5.74) is -1.79. The Morgan fingerprint density at radius 2 is 2.05 bits per heavy atom. The van der Waals surface area contributed by atoms with Gasteiger partial charge in [0.2, 0.25) is 0 Å². The predicted molar refractivity (Wildman–Crippen MR) is 57.6 cm³/mol. The van der Waals surface area contributed by atoms with Gasteiger partial charge in [-0.05, 0) is 13.8 Å². The lowest BCUT2D eigenvalue weighted by molar-refractivity contribution is -0.145. The third kappa shape index (κ3) is 2.83. The predicted octanol–water partition coefficient (Wildman–Crippen LogP) is 0.608. The van der Waals surface area contributed by atoms with Gasteiger partial charge < -0.3 is 10.5 Å². The molecule has 0 bridgehead atoms. The van der Waals surface area contributed by atoms with Gasteiger partial charge in [-0.1, -0.05) is 5.16 Å². The van der Waals surface area contributed by atoms with Crippen LogP contribution in [0.5, 0.6) is 0 Å². The highest BCUT2D eigenvalue weighted by molar-refractivity contribution is 6.41. The molecule has 0 aromatic carbocycles. The van der Waals surface area contributed by atoms with Crippen molar-refractivity contribution in [3.8, 4) is 0 Å². The minimum absolute atomic E-state index is 0.395. The number of aromatic nitrogens is 3. The van der Waals surface area contributed by atoms with E-state index in [0.29, 0.717) is 0 Å². The maximum absolute atomic E-state index is 12.4. The molecule has 1 rings (SSSR count). The highest BCUT2D eigenvalue weighted by atomic mass is 19.4. The maximum atomic E-state index is 12.4. The number of rotatable bonds is 3. The summed E-state index contributed by atoms with van der Waals surface area (Å²) < 4.78 is 38.0. The van der Waals surface area contributed by atoms with Gasteiger partial charge in [-0.15, -0.1) is 5.10 Å². The second-order valence-electron chi connectivity index (χ2n) is 4.10. The number of nitrogens with zero attached hydrogens (tertiary/aromatic N) is 4. The van der Waals surface area contributed by atoms with Gasteiger partial charge in [-0.3, -0.25) is 4.79 Å². The first-order valence-electron chi connectivity index (χ1n) is 5.08. The van der Waals surface area contributed by atoms with Gasteiger partial charge in [0.15, 0.2) is 5.71 Å². The lowest BCUT2D eigenvalue weighted by atomic mass is 9.98. The minimum atomic E-state index is -4.69. The van der Waals surface area contributed by atoms with Crippen LogP contribution in [0.4, 0.5) is 13.2 Å². The van der Waals surface area contributed by atoms with Crippen LogP contribution in [-0.4, -0.2) is 38.6 Å². The number of halogens is 3. The Morgan fingerprint density at radius 3 is 2.42 bits per heavy atom. The van der Waals surface area contributed by atoms with Crippen molar-refractivity contribution in [3.63, 3.8) is 0 Å². The summed E-state index contributed by atoms with van der Waals surface area (Å²) in [4.78, 5) is 14.6. The maximum Gasteiger partial charge on any atom is 0.453 e. The van der Waals surface area contributed by atoms with Gasteiger partial charge in [-0.25, -0.2) is 9.67 Å². The molecular weight excluding hydrogens is 267 g/mol. The number of hydrogen-bond donors (Lipinski definition) is 2. The van der Waals surface area contributed by atoms with Crippen LogP contribution in [-0.2, 0) is 16.5 Å². The van der Waals surface area contributed by atoms with E-state index >= 15 is 0 Å². The zero-order valence-corrected chi connectivity index (χ0v) is 10.4. The molecule has 10 heteroatoms. The Hall–Kier alpha value is -2.13. The molecule has 1 amide bonds. The summed E-state index contributed by atoms with van der Waals surface area (Å²) in [6.07, 6.45) is -3.87. The van der Waals surface area contributed by atoms with Crippen molar-refractivity contribution < 1.29 is 23.2 Å². The van der Waals surface area contributed by atoms with Crippen LogP contribution in [0.1, 0.15) is 19.7 Å². The fourth-order valence-electron chi connectivity index (χ4n) is 1.33. The first-order chi connectivity index (χ1) is 8.64. The molecular formula is C9H12F3N5O2. The highest BCUT2D eigenvalue weighted by Gasteiger charge is 2.39. The molecule has 2 N–H and O–H groups in total. The number of nitrogens with one attached hydrogen (secondary N) is 1. The first kappa shape index (κ1) is 14.9. The summed E-state index contributed by atoms with van der Waals surface area (Å²) in [5, 5.41) is 17.1. The van der Waals surface area contributed by atoms with E-state index in [9.17, 15) is 18.0 Å². The van der Waals surface area contributed by atoms with Crippen molar-refractivity contribution in [2.45, 2.75) is 25.6 Å².